The third-order valence-electron chi connectivity index (χ3n) is 2.53. The molecule has 2 aromatic carbocycles. The number of anilines is 2. The number of nitrogens with one attached hydrogen (secondary N) is 1. The molecule has 19 heavy (non-hydrogen) atoms. The van der Waals surface area contributed by atoms with Gasteiger partial charge in [0.1, 0.15) is 5.82 Å². The number of amides is 1. The van der Waals surface area contributed by atoms with Gasteiger partial charge in [0.2, 0.25) is 0 Å². The van der Waals surface area contributed by atoms with Gasteiger partial charge in [0, 0.05) is 16.3 Å². The van der Waals surface area contributed by atoms with Crippen molar-refractivity contribution in [1.82, 2.24) is 0 Å². The van der Waals surface area contributed by atoms with Crippen molar-refractivity contribution in [2.45, 2.75) is 4.90 Å². The number of halogens is 1. The summed E-state index contributed by atoms with van der Waals surface area (Å²) < 4.78 is 13.2. The number of nitrogens with two attached hydrogens (primary N) is 1. The summed E-state index contributed by atoms with van der Waals surface area (Å²) >= 11 is 1.48. The van der Waals surface area contributed by atoms with Crippen molar-refractivity contribution in [3.8, 4) is 0 Å². The Kier molecular flexibility index (Phi) is 4.06. The van der Waals surface area contributed by atoms with Crippen molar-refractivity contribution in [3.05, 3.63) is 53.8 Å². The Morgan fingerprint density at radius 2 is 2.00 bits per heavy atom. The molecule has 2 aromatic rings. The standard InChI is InChI=1S/C14H13FN2OS/c1-19-13-5-3-2-4-12(13)14(18)17-11-7-9(15)6-10(16)8-11/h2-8H,16H2,1H3,(H,17,18). The first kappa shape index (κ1) is 13.4. The van der Waals surface area contributed by atoms with E-state index in [1.165, 1.54) is 30.0 Å². The molecule has 1 amide bonds. The highest BCUT2D eigenvalue weighted by atomic mass is 32.2. The molecule has 0 aliphatic heterocycles. The maximum Gasteiger partial charge on any atom is 0.256 e. The van der Waals surface area contributed by atoms with Gasteiger partial charge in [0.15, 0.2) is 0 Å². The lowest BCUT2D eigenvalue weighted by atomic mass is 10.2. The first-order chi connectivity index (χ1) is 9.10. The largest absolute Gasteiger partial charge is 0.399 e. The summed E-state index contributed by atoms with van der Waals surface area (Å²) in [6, 6.07) is 11.2. The van der Waals surface area contributed by atoms with E-state index >= 15 is 0 Å². The van der Waals surface area contributed by atoms with Gasteiger partial charge in [-0.1, -0.05) is 12.1 Å². The maximum absolute atomic E-state index is 13.2. The fraction of sp³-hybridized carbons (Fsp3) is 0.0714. The van der Waals surface area contributed by atoms with E-state index in [0.717, 1.165) is 4.90 Å². The van der Waals surface area contributed by atoms with Crippen LogP contribution in [0.3, 0.4) is 0 Å². The Bertz CT molecular complexity index is 596. The molecular weight excluding hydrogens is 263 g/mol. The Morgan fingerprint density at radius 3 is 2.68 bits per heavy atom. The second-order valence-corrected chi connectivity index (χ2v) is 4.78. The number of carbonyl (C=O) groups is 1. The molecule has 0 unspecified atom stereocenters. The first-order valence-corrected chi connectivity index (χ1v) is 6.83. The monoisotopic (exact) mass is 276 g/mol. The van der Waals surface area contributed by atoms with Gasteiger partial charge in [-0.15, -0.1) is 11.8 Å². The molecule has 98 valence electrons. The number of hydrogen-bond donors (Lipinski definition) is 2. The highest BCUT2D eigenvalue weighted by molar-refractivity contribution is 7.98. The Balaban J connectivity index is 2.25. The lowest BCUT2D eigenvalue weighted by Gasteiger charge is -2.09. The van der Waals surface area contributed by atoms with Crippen LogP contribution in [0.1, 0.15) is 10.4 Å². The summed E-state index contributed by atoms with van der Waals surface area (Å²) in [5, 5.41) is 2.64. The number of carbonyl (C=O) groups excluding carboxylic acids is 1. The summed E-state index contributed by atoms with van der Waals surface area (Å²) in [5.41, 5.74) is 6.71. The Morgan fingerprint density at radius 1 is 1.26 bits per heavy atom. The predicted octanol–water partition coefficient (Wildman–Crippen LogP) is 3.38. The fourth-order valence-electron chi connectivity index (χ4n) is 1.72. The minimum absolute atomic E-state index is 0.272. The van der Waals surface area contributed by atoms with Crippen LogP contribution in [-0.2, 0) is 0 Å². The van der Waals surface area contributed by atoms with E-state index in [1.807, 2.05) is 18.4 Å². The van der Waals surface area contributed by atoms with Crippen LogP contribution in [0.2, 0.25) is 0 Å². The molecular formula is C14H13FN2OS. The molecule has 0 fully saturated rings. The second-order valence-electron chi connectivity index (χ2n) is 3.93. The van der Waals surface area contributed by atoms with Crippen molar-refractivity contribution in [2.75, 3.05) is 17.3 Å². The normalized spacial score (nSPS) is 10.2. The van der Waals surface area contributed by atoms with Crippen molar-refractivity contribution in [1.29, 1.82) is 0 Å². The molecule has 0 radical (unpaired) electrons. The van der Waals surface area contributed by atoms with E-state index in [9.17, 15) is 9.18 Å². The highest BCUT2D eigenvalue weighted by Gasteiger charge is 2.11. The second kappa shape index (κ2) is 5.75. The zero-order valence-electron chi connectivity index (χ0n) is 10.3. The summed E-state index contributed by atoms with van der Waals surface area (Å²) in [5.74, 6) is -0.761. The third kappa shape index (κ3) is 3.26. The van der Waals surface area contributed by atoms with Gasteiger partial charge in [-0.05, 0) is 36.6 Å². The van der Waals surface area contributed by atoms with E-state index in [1.54, 1.807) is 12.1 Å². The first-order valence-electron chi connectivity index (χ1n) is 5.60. The van der Waals surface area contributed by atoms with Crippen molar-refractivity contribution >= 4 is 29.0 Å². The zero-order chi connectivity index (χ0) is 13.8. The minimum Gasteiger partial charge on any atom is -0.399 e. The number of hydrogen-bond acceptors (Lipinski definition) is 3. The molecule has 0 aromatic heterocycles. The van der Waals surface area contributed by atoms with Gasteiger partial charge in [-0.25, -0.2) is 4.39 Å². The van der Waals surface area contributed by atoms with Crippen LogP contribution in [0.15, 0.2) is 47.4 Å². The van der Waals surface area contributed by atoms with Crippen LogP contribution in [0.25, 0.3) is 0 Å². The van der Waals surface area contributed by atoms with Crippen LogP contribution in [0, 0.1) is 5.82 Å². The van der Waals surface area contributed by atoms with Crippen LogP contribution < -0.4 is 11.1 Å². The molecule has 0 atom stereocenters. The van der Waals surface area contributed by atoms with Gasteiger partial charge < -0.3 is 11.1 Å². The van der Waals surface area contributed by atoms with E-state index in [-0.39, 0.29) is 11.6 Å². The van der Waals surface area contributed by atoms with E-state index in [2.05, 4.69) is 5.32 Å². The Hall–Kier alpha value is -2.01. The maximum atomic E-state index is 13.2. The molecule has 0 saturated carbocycles. The third-order valence-corrected chi connectivity index (χ3v) is 3.33. The topological polar surface area (TPSA) is 55.1 Å². The molecule has 3 N–H and O–H groups in total. The van der Waals surface area contributed by atoms with E-state index < -0.39 is 5.82 Å². The number of rotatable bonds is 3. The summed E-state index contributed by atoms with van der Waals surface area (Å²) in [6.07, 6.45) is 1.90. The molecule has 0 spiro atoms. The Labute approximate surface area is 115 Å². The quantitative estimate of drug-likeness (QED) is 0.667. The average molecular weight is 276 g/mol. The molecule has 0 saturated heterocycles. The fourth-order valence-corrected chi connectivity index (χ4v) is 2.31. The summed E-state index contributed by atoms with van der Waals surface area (Å²) in [4.78, 5) is 13.0. The average Bonchev–Trinajstić information content (AvgIpc) is 2.37. The molecule has 0 heterocycles. The van der Waals surface area contributed by atoms with E-state index in [4.69, 9.17) is 5.73 Å². The van der Waals surface area contributed by atoms with Crippen LogP contribution in [-0.4, -0.2) is 12.2 Å². The molecule has 3 nitrogen and oxygen atoms in total. The number of nitrogen functional groups attached to an aromatic ring is 1. The zero-order valence-corrected chi connectivity index (χ0v) is 11.1. The van der Waals surface area contributed by atoms with Gasteiger partial charge >= 0.3 is 0 Å². The van der Waals surface area contributed by atoms with Crippen LogP contribution in [0.5, 0.6) is 0 Å². The van der Waals surface area contributed by atoms with Gasteiger partial charge in [-0.3, -0.25) is 4.79 Å². The number of benzene rings is 2. The molecule has 0 aliphatic rings. The smallest absolute Gasteiger partial charge is 0.256 e. The van der Waals surface area contributed by atoms with Crippen LogP contribution >= 0.6 is 11.8 Å². The lowest BCUT2D eigenvalue weighted by molar-refractivity contribution is 0.102. The van der Waals surface area contributed by atoms with Gasteiger partial charge in [-0.2, -0.15) is 0 Å². The summed E-state index contributed by atoms with van der Waals surface area (Å²) in [6.45, 7) is 0. The highest BCUT2D eigenvalue weighted by Crippen LogP contribution is 2.22. The molecule has 5 heteroatoms. The van der Waals surface area contributed by atoms with Gasteiger partial charge in [0.05, 0.1) is 5.56 Å². The van der Waals surface area contributed by atoms with Crippen molar-refractivity contribution in [2.24, 2.45) is 0 Å². The molecule has 0 aliphatic carbocycles. The SMILES string of the molecule is CSc1ccccc1C(=O)Nc1cc(N)cc(F)c1. The van der Waals surface area contributed by atoms with Gasteiger partial charge in [0.25, 0.3) is 5.91 Å². The minimum atomic E-state index is -0.478. The predicted molar refractivity (Wildman–Crippen MR) is 77.0 cm³/mol. The van der Waals surface area contributed by atoms with E-state index in [0.29, 0.717) is 11.3 Å². The van der Waals surface area contributed by atoms with Crippen molar-refractivity contribution in [3.63, 3.8) is 0 Å². The lowest BCUT2D eigenvalue weighted by Crippen LogP contribution is -2.13. The summed E-state index contributed by atoms with van der Waals surface area (Å²) in [7, 11) is 0. The van der Waals surface area contributed by atoms with Crippen molar-refractivity contribution < 1.29 is 9.18 Å². The molecule has 0 bridgehead atoms. The van der Waals surface area contributed by atoms with Crippen LogP contribution in [0.4, 0.5) is 15.8 Å². The number of thioether (sulfide) groups is 1. The molecule has 2 rings (SSSR count).